The summed E-state index contributed by atoms with van der Waals surface area (Å²) >= 11 is 0. The van der Waals surface area contributed by atoms with Gasteiger partial charge in [-0.05, 0) is 6.92 Å². The minimum Gasteiger partial charge on any atom is -0.459 e. The number of ether oxygens (including phenoxy) is 3. The molecule has 2 unspecified atom stereocenters. The molecule has 25 heavy (non-hydrogen) atoms. The van der Waals surface area contributed by atoms with Crippen LogP contribution in [0.3, 0.4) is 0 Å². The zero-order valence-corrected chi connectivity index (χ0v) is 16.6. The average molecular weight is 384 g/mol. The van der Waals surface area contributed by atoms with Crippen LogP contribution in [0.5, 0.6) is 0 Å². The van der Waals surface area contributed by atoms with Crippen molar-refractivity contribution in [3.05, 3.63) is 12.2 Å². The molecule has 0 amide bonds. The average Bonchev–Trinajstić information content (AvgIpc) is 2.46. The van der Waals surface area contributed by atoms with Gasteiger partial charge in [0.25, 0.3) is 0 Å². The first kappa shape index (κ1) is 24.2. The Bertz CT molecular complexity index is 463. The molecule has 148 valence electrons. The molecule has 10 heteroatoms. The highest BCUT2D eigenvalue weighted by molar-refractivity contribution is 7.47. The van der Waals surface area contributed by atoms with E-state index in [2.05, 4.69) is 6.58 Å². The molecule has 9 nitrogen and oxygen atoms in total. The molecular formula is C15H31NO8P+. The van der Waals surface area contributed by atoms with E-state index in [0.717, 1.165) is 0 Å². The zero-order valence-electron chi connectivity index (χ0n) is 15.7. The van der Waals surface area contributed by atoms with Crippen molar-refractivity contribution in [1.29, 1.82) is 0 Å². The van der Waals surface area contributed by atoms with Crippen LogP contribution >= 0.6 is 7.82 Å². The Kier molecular flexibility index (Phi) is 11.4. The number of hydrogen-bond donors (Lipinski definition) is 1. The minimum atomic E-state index is -4.31. The van der Waals surface area contributed by atoms with Crippen molar-refractivity contribution in [1.82, 2.24) is 0 Å². The quantitative estimate of drug-likeness (QED) is 0.156. The van der Waals surface area contributed by atoms with E-state index in [0.29, 0.717) is 17.6 Å². The topological polar surface area (TPSA) is 101 Å². The Labute approximate surface area is 149 Å². The summed E-state index contributed by atoms with van der Waals surface area (Å²) in [6, 6.07) is 0. The summed E-state index contributed by atoms with van der Waals surface area (Å²) in [4.78, 5) is 21.3. The van der Waals surface area contributed by atoms with Crippen LogP contribution in [0.4, 0.5) is 0 Å². The molecule has 0 aromatic heterocycles. The molecular weight excluding hydrogens is 353 g/mol. The number of methoxy groups -OCH3 is 1. The first-order valence-corrected chi connectivity index (χ1v) is 9.32. The highest BCUT2D eigenvalue weighted by atomic mass is 31.2. The number of likely N-dealkylation sites (N-methyl/N-ethyl adjacent to an activating group) is 1. The van der Waals surface area contributed by atoms with E-state index < -0.39 is 19.9 Å². The number of phosphoric ester groups is 1. The van der Waals surface area contributed by atoms with Gasteiger partial charge in [-0.1, -0.05) is 6.58 Å². The second-order valence-electron chi connectivity index (χ2n) is 6.49. The van der Waals surface area contributed by atoms with Crippen LogP contribution in [0.2, 0.25) is 0 Å². The number of carbonyl (C=O) groups is 1. The third-order valence-electron chi connectivity index (χ3n) is 2.78. The highest BCUT2D eigenvalue weighted by Crippen LogP contribution is 2.44. The van der Waals surface area contributed by atoms with E-state index in [9.17, 15) is 14.3 Å². The highest BCUT2D eigenvalue weighted by Gasteiger charge is 2.28. The third kappa shape index (κ3) is 14.1. The van der Waals surface area contributed by atoms with E-state index in [1.54, 1.807) is 0 Å². The van der Waals surface area contributed by atoms with E-state index in [1.807, 2.05) is 21.1 Å². The standard InChI is InChI=1S/C15H30NO8P/c1-13(2)15(17)22-12-14(11-21-10-9-20-6)24-25(18,19)23-8-7-16(3,4)5/h14H,1,7-12H2,2-6H3/p+1. The molecule has 2 atom stereocenters. The lowest BCUT2D eigenvalue weighted by atomic mass is 10.3. The smallest absolute Gasteiger partial charge is 0.459 e. The van der Waals surface area contributed by atoms with Crippen molar-refractivity contribution >= 4 is 13.8 Å². The fraction of sp³-hybridized carbons (Fsp3) is 0.800. The monoisotopic (exact) mass is 384 g/mol. The van der Waals surface area contributed by atoms with E-state index in [4.69, 9.17) is 23.3 Å². The number of rotatable bonds is 14. The Morgan fingerprint density at radius 1 is 1.20 bits per heavy atom. The predicted molar refractivity (Wildman–Crippen MR) is 92.0 cm³/mol. The molecule has 0 aliphatic carbocycles. The second-order valence-corrected chi connectivity index (χ2v) is 7.90. The van der Waals surface area contributed by atoms with Gasteiger partial charge < -0.3 is 23.6 Å². The first-order chi connectivity index (χ1) is 11.5. The molecule has 0 fully saturated rings. The van der Waals surface area contributed by atoms with Gasteiger partial charge in [0.1, 0.15) is 25.9 Å². The van der Waals surface area contributed by atoms with Crippen molar-refractivity contribution < 1.29 is 42.0 Å². The largest absolute Gasteiger partial charge is 0.472 e. The summed E-state index contributed by atoms with van der Waals surface area (Å²) in [5, 5.41) is 0. The number of nitrogens with zero attached hydrogens (tertiary/aromatic N) is 1. The molecule has 0 aliphatic rings. The number of carbonyl (C=O) groups excluding carboxylic acids is 1. The van der Waals surface area contributed by atoms with Crippen LogP contribution in [0.1, 0.15) is 6.92 Å². The summed E-state index contributed by atoms with van der Waals surface area (Å²) in [6.07, 6.45) is -0.958. The maximum Gasteiger partial charge on any atom is 0.472 e. The molecule has 0 aromatic rings. The normalized spacial score (nSPS) is 15.4. The molecule has 0 saturated heterocycles. The van der Waals surface area contributed by atoms with Crippen LogP contribution < -0.4 is 0 Å². The molecule has 0 aromatic carbocycles. The zero-order chi connectivity index (χ0) is 19.5. The molecule has 1 N–H and O–H groups in total. The van der Waals surface area contributed by atoms with E-state index in [-0.39, 0.29) is 32.0 Å². The van der Waals surface area contributed by atoms with Gasteiger partial charge in [-0.25, -0.2) is 9.36 Å². The molecule has 0 saturated carbocycles. The maximum absolute atomic E-state index is 12.0. The van der Waals surface area contributed by atoms with Gasteiger partial charge in [0.2, 0.25) is 0 Å². The van der Waals surface area contributed by atoms with Crippen LogP contribution in [0, 0.1) is 0 Å². The van der Waals surface area contributed by atoms with Crippen molar-refractivity contribution in [3.63, 3.8) is 0 Å². The summed E-state index contributed by atoms with van der Waals surface area (Å²) in [5.41, 5.74) is 0.213. The maximum atomic E-state index is 12.0. The van der Waals surface area contributed by atoms with Gasteiger partial charge in [0.15, 0.2) is 0 Å². The van der Waals surface area contributed by atoms with E-state index in [1.165, 1.54) is 14.0 Å². The molecule has 0 heterocycles. The minimum absolute atomic E-state index is 0.0417. The van der Waals surface area contributed by atoms with Gasteiger partial charge >= 0.3 is 13.8 Å². The predicted octanol–water partition coefficient (Wildman–Crippen LogP) is 0.977. The Morgan fingerprint density at radius 3 is 2.36 bits per heavy atom. The third-order valence-corrected chi connectivity index (χ3v) is 3.86. The van der Waals surface area contributed by atoms with E-state index >= 15 is 0 Å². The molecule has 0 rings (SSSR count). The summed E-state index contributed by atoms with van der Waals surface area (Å²) in [6.45, 7) is 5.83. The van der Waals surface area contributed by atoms with Crippen LogP contribution in [-0.2, 0) is 32.6 Å². The van der Waals surface area contributed by atoms with Crippen molar-refractivity contribution in [3.8, 4) is 0 Å². The van der Waals surface area contributed by atoms with Gasteiger partial charge in [-0.15, -0.1) is 0 Å². The number of phosphoric acid groups is 1. The van der Waals surface area contributed by atoms with Crippen molar-refractivity contribution in [2.75, 3.05) is 67.8 Å². The van der Waals surface area contributed by atoms with Crippen LogP contribution in [0.25, 0.3) is 0 Å². The SMILES string of the molecule is C=C(C)C(=O)OCC(COCCOC)OP(=O)(O)OCC[N+](C)(C)C. The van der Waals surface area contributed by atoms with Gasteiger partial charge in [0, 0.05) is 12.7 Å². The second kappa shape index (κ2) is 11.7. The lowest BCUT2D eigenvalue weighted by Gasteiger charge is -2.25. The summed E-state index contributed by atoms with van der Waals surface area (Å²) < 4.78 is 37.7. The first-order valence-electron chi connectivity index (χ1n) is 7.82. The summed E-state index contributed by atoms with van der Waals surface area (Å²) in [7, 11) is 2.99. The Morgan fingerprint density at radius 2 is 1.84 bits per heavy atom. The van der Waals surface area contributed by atoms with Crippen molar-refractivity contribution in [2.24, 2.45) is 0 Å². The lowest BCUT2D eigenvalue weighted by molar-refractivity contribution is -0.870. The van der Waals surface area contributed by atoms with Crippen LogP contribution in [-0.4, -0.2) is 89.3 Å². The number of hydrogen-bond acceptors (Lipinski definition) is 7. The van der Waals surface area contributed by atoms with Crippen LogP contribution in [0.15, 0.2) is 12.2 Å². The lowest BCUT2D eigenvalue weighted by Crippen LogP contribution is -2.37. The molecule has 0 aliphatic heterocycles. The number of esters is 1. The molecule has 0 bridgehead atoms. The van der Waals surface area contributed by atoms with Gasteiger partial charge in [-0.3, -0.25) is 9.05 Å². The van der Waals surface area contributed by atoms with Gasteiger partial charge in [0.05, 0.1) is 41.0 Å². The fourth-order valence-corrected chi connectivity index (χ4v) is 2.28. The van der Waals surface area contributed by atoms with Gasteiger partial charge in [-0.2, -0.15) is 0 Å². The Balaban J connectivity index is 4.57. The summed E-state index contributed by atoms with van der Waals surface area (Å²) in [5.74, 6) is -0.621. The Hall–Kier alpha value is -0.800. The molecule has 0 spiro atoms. The van der Waals surface area contributed by atoms with Crippen molar-refractivity contribution in [2.45, 2.75) is 13.0 Å². The number of quaternary nitrogens is 1. The fourth-order valence-electron chi connectivity index (χ4n) is 1.41. The molecule has 0 radical (unpaired) electrons.